The van der Waals surface area contributed by atoms with Crippen LogP contribution in [0.3, 0.4) is 0 Å². The van der Waals surface area contributed by atoms with Crippen LogP contribution in [0, 0.1) is 11.7 Å². The predicted molar refractivity (Wildman–Crippen MR) is 76.8 cm³/mol. The summed E-state index contributed by atoms with van der Waals surface area (Å²) < 4.78 is 29.9. The molecule has 0 radical (unpaired) electrons. The van der Waals surface area contributed by atoms with E-state index < -0.39 is 0 Å². The summed E-state index contributed by atoms with van der Waals surface area (Å²) in [6, 6.07) is 6.28. The number of likely N-dealkylation sites (tertiary alicyclic amines) is 1. The van der Waals surface area contributed by atoms with E-state index in [4.69, 9.17) is 14.2 Å². The van der Waals surface area contributed by atoms with E-state index in [-0.39, 0.29) is 12.1 Å². The lowest BCUT2D eigenvalue weighted by Gasteiger charge is -2.34. The van der Waals surface area contributed by atoms with Crippen molar-refractivity contribution < 1.29 is 18.6 Å². The van der Waals surface area contributed by atoms with Crippen LogP contribution in [0.1, 0.15) is 12.8 Å². The molecule has 2 heterocycles. The molecule has 1 aromatic rings. The second-order valence-electron chi connectivity index (χ2n) is 5.62. The highest BCUT2D eigenvalue weighted by Crippen LogP contribution is 2.24. The minimum Gasteiger partial charge on any atom is -0.492 e. The number of piperidine rings is 1. The fourth-order valence-electron chi connectivity index (χ4n) is 3.01. The normalized spacial score (nSPS) is 24.3. The number of benzene rings is 1. The Hall–Kier alpha value is -1.17. The van der Waals surface area contributed by atoms with Crippen molar-refractivity contribution in [1.82, 2.24) is 4.90 Å². The lowest BCUT2D eigenvalue weighted by Crippen LogP contribution is -2.42. The highest BCUT2D eigenvalue weighted by atomic mass is 19.1. The van der Waals surface area contributed by atoms with Gasteiger partial charge in [-0.15, -0.1) is 0 Å². The molecule has 0 spiro atoms. The maximum absolute atomic E-state index is 13.1. The molecule has 1 aromatic carbocycles. The Balaban J connectivity index is 1.42. The first kappa shape index (κ1) is 14.8. The molecule has 21 heavy (non-hydrogen) atoms. The smallest absolute Gasteiger partial charge is 0.161 e. The van der Waals surface area contributed by atoms with Crippen molar-refractivity contribution in [1.29, 1.82) is 0 Å². The van der Waals surface area contributed by atoms with Crippen molar-refractivity contribution in [2.75, 3.05) is 39.5 Å². The van der Waals surface area contributed by atoms with E-state index in [1.54, 1.807) is 12.1 Å². The molecule has 3 rings (SSSR count). The van der Waals surface area contributed by atoms with Crippen molar-refractivity contribution in [2.45, 2.75) is 19.1 Å². The Morgan fingerprint density at radius 3 is 2.95 bits per heavy atom. The van der Waals surface area contributed by atoms with E-state index in [1.165, 1.54) is 12.1 Å². The molecule has 2 aliphatic heterocycles. The SMILES string of the molecule is Fc1cccc(OCCN2CCCC(C3OCCO3)C2)c1. The molecular formula is C16H22FNO3. The van der Waals surface area contributed by atoms with Crippen LogP contribution in [-0.2, 0) is 9.47 Å². The Morgan fingerprint density at radius 2 is 2.14 bits per heavy atom. The number of rotatable bonds is 5. The highest BCUT2D eigenvalue weighted by Gasteiger charge is 2.30. The fraction of sp³-hybridized carbons (Fsp3) is 0.625. The molecule has 4 nitrogen and oxygen atoms in total. The van der Waals surface area contributed by atoms with Crippen LogP contribution < -0.4 is 4.74 Å². The third kappa shape index (κ3) is 4.15. The van der Waals surface area contributed by atoms with Gasteiger partial charge in [-0.1, -0.05) is 6.07 Å². The van der Waals surface area contributed by atoms with Crippen molar-refractivity contribution in [3.05, 3.63) is 30.1 Å². The number of hydrogen-bond acceptors (Lipinski definition) is 4. The zero-order valence-electron chi connectivity index (χ0n) is 12.2. The van der Waals surface area contributed by atoms with E-state index in [1.807, 2.05) is 0 Å². The number of ether oxygens (including phenoxy) is 3. The second kappa shape index (κ2) is 7.20. The molecule has 5 heteroatoms. The van der Waals surface area contributed by atoms with Gasteiger partial charge in [0.25, 0.3) is 0 Å². The van der Waals surface area contributed by atoms with Gasteiger partial charge >= 0.3 is 0 Å². The van der Waals surface area contributed by atoms with Crippen LogP contribution in [0.2, 0.25) is 0 Å². The number of hydrogen-bond donors (Lipinski definition) is 0. The van der Waals surface area contributed by atoms with Crippen LogP contribution in [0.4, 0.5) is 4.39 Å². The van der Waals surface area contributed by atoms with E-state index in [9.17, 15) is 4.39 Å². The third-order valence-corrected chi connectivity index (χ3v) is 4.05. The lowest BCUT2D eigenvalue weighted by atomic mass is 9.97. The highest BCUT2D eigenvalue weighted by molar-refractivity contribution is 5.22. The van der Waals surface area contributed by atoms with Crippen molar-refractivity contribution >= 4 is 0 Å². The van der Waals surface area contributed by atoms with Crippen molar-refractivity contribution in [3.8, 4) is 5.75 Å². The van der Waals surface area contributed by atoms with Crippen molar-refractivity contribution in [3.63, 3.8) is 0 Å². The summed E-state index contributed by atoms with van der Waals surface area (Å²) in [6.45, 7) is 4.91. The fourth-order valence-corrected chi connectivity index (χ4v) is 3.01. The van der Waals surface area contributed by atoms with Gasteiger partial charge in [-0.05, 0) is 31.5 Å². The van der Waals surface area contributed by atoms with E-state index in [0.29, 0.717) is 31.5 Å². The van der Waals surface area contributed by atoms with E-state index in [0.717, 1.165) is 32.5 Å². The molecule has 0 saturated carbocycles. The van der Waals surface area contributed by atoms with Gasteiger partial charge in [-0.25, -0.2) is 4.39 Å². The molecular weight excluding hydrogens is 273 g/mol. The lowest BCUT2D eigenvalue weighted by molar-refractivity contribution is -0.100. The Morgan fingerprint density at radius 1 is 1.29 bits per heavy atom. The first-order valence-electron chi connectivity index (χ1n) is 7.65. The summed E-state index contributed by atoms with van der Waals surface area (Å²) in [5.74, 6) is 0.780. The standard InChI is InChI=1S/C16H22FNO3/c17-14-4-1-5-15(11-14)19-8-7-18-6-2-3-13(12-18)16-20-9-10-21-16/h1,4-5,11,13,16H,2-3,6-10,12H2. The molecule has 2 fully saturated rings. The Labute approximate surface area is 124 Å². The average molecular weight is 295 g/mol. The summed E-state index contributed by atoms with van der Waals surface area (Å²) >= 11 is 0. The maximum atomic E-state index is 13.1. The summed E-state index contributed by atoms with van der Waals surface area (Å²) in [5.41, 5.74) is 0. The molecule has 2 aliphatic rings. The van der Waals surface area contributed by atoms with Gasteiger partial charge in [-0.2, -0.15) is 0 Å². The minimum atomic E-state index is -0.263. The van der Waals surface area contributed by atoms with E-state index in [2.05, 4.69) is 4.90 Å². The quantitative estimate of drug-likeness (QED) is 0.834. The molecule has 0 bridgehead atoms. The van der Waals surface area contributed by atoms with Gasteiger partial charge in [0.15, 0.2) is 6.29 Å². The van der Waals surface area contributed by atoms with Gasteiger partial charge in [0.2, 0.25) is 0 Å². The van der Waals surface area contributed by atoms with E-state index >= 15 is 0 Å². The Bertz CT molecular complexity index is 451. The van der Waals surface area contributed by atoms with Crippen LogP contribution in [0.5, 0.6) is 5.75 Å². The second-order valence-corrected chi connectivity index (χ2v) is 5.62. The topological polar surface area (TPSA) is 30.9 Å². The summed E-state index contributed by atoms with van der Waals surface area (Å²) in [7, 11) is 0. The molecule has 1 atom stereocenters. The van der Waals surface area contributed by atoms with Gasteiger partial charge < -0.3 is 14.2 Å². The van der Waals surface area contributed by atoms with Crippen LogP contribution >= 0.6 is 0 Å². The summed E-state index contributed by atoms with van der Waals surface area (Å²) in [4.78, 5) is 2.37. The summed E-state index contributed by atoms with van der Waals surface area (Å²) in [5, 5.41) is 0. The molecule has 2 saturated heterocycles. The molecule has 1 unspecified atom stereocenters. The number of nitrogens with zero attached hydrogens (tertiary/aromatic N) is 1. The minimum absolute atomic E-state index is 0.0306. The third-order valence-electron chi connectivity index (χ3n) is 4.05. The number of halogens is 1. The monoisotopic (exact) mass is 295 g/mol. The van der Waals surface area contributed by atoms with Gasteiger partial charge in [0, 0.05) is 25.1 Å². The molecule has 0 aliphatic carbocycles. The van der Waals surface area contributed by atoms with Crippen LogP contribution in [-0.4, -0.2) is 50.6 Å². The van der Waals surface area contributed by atoms with Crippen LogP contribution in [0.25, 0.3) is 0 Å². The molecule has 0 aromatic heterocycles. The predicted octanol–water partition coefficient (Wildman–Crippen LogP) is 2.29. The first-order valence-corrected chi connectivity index (χ1v) is 7.65. The zero-order valence-corrected chi connectivity index (χ0v) is 12.2. The average Bonchev–Trinajstić information content (AvgIpc) is 3.02. The summed E-state index contributed by atoms with van der Waals surface area (Å²) in [6.07, 6.45) is 2.29. The van der Waals surface area contributed by atoms with Crippen LogP contribution in [0.15, 0.2) is 24.3 Å². The van der Waals surface area contributed by atoms with Gasteiger partial charge in [-0.3, -0.25) is 4.90 Å². The largest absolute Gasteiger partial charge is 0.492 e. The molecule has 0 amide bonds. The molecule has 116 valence electrons. The maximum Gasteiger partial charge on any atom is 0.161 e. The zero-order chi connectivity index (χ0) is 14.5. The van der Waals surface area contributed by atoms with Gasteiger partial charge in [0.05, 0.1) is 13.2 Å². The molecule has 0 N–H and O–H groups in total. The first-order chi connectivity index (χ1) is 10.3. The van der Waals surface area contributed by atoms with Gasteiger partial charge in [0.1, 0.15) is 18.2 Å². The Kier molecular flexibility index (Phi) is 5.06. The van der Waals surface area contributed by atoms with Crippen molar-refractivity contribution in [2.24, 2.45) is 5.92 Å².